The number of carbonyl (C=O) groups is 1. The van der Waals surface area contributed by atoms with E-state index in [-0.39, 0.29) is 16.1 Å². The molecule has 1 atom stereocenters. The molecule has 0 aliphatic rings. The van der Waals surface area contributed by atoms with Crippen LogP contribution in [0.1, 0.15) is 17.3 Å². The number of alkyl halides is 1. The molecule has 0 aliphatic heterocycles. The number of phenolic OH excluding ortho intramolecular Hbond substituents is 1. The number of carbonyl (C=O) groups excluding carboxylic acids is 1. The summed E-state index contributed by atoms with van der Waals surface area (Å²) in [6, 6.07) is 3.29. The Kier molecular flexibility index (Phi) is 4.08. The first-order chi connectivity index (χ1) is 7.00. The van der Waals surface area contributed by atoms with Gasteiger partial charge in [0.2, 0.25) is 0 Å². The summed E-state index contributed by atoms with van der Waals surface area (Å²) in [6.45, 7) is 2.32. The van der Waals surface area contributed by atoms with Crippen molar-refractivity contribution in [2.45, 2.75) is 11.8 Å². The molecule has 5 heteroatoms. The van der Waals surface area contributed by atoms with Crippen molar-refractivity contribution in [3.8, 4) is 5.75 Å². The Hall–Kier alpha value is -1.10. The topological polar surface area (TPSA) is 49.3 Å². The lowest BCUT2D eigenvalue weighted by atomic mass is 10.2. The van der Waals surface area contributed by atoms with Crippen molar-refractivity contribution < 1.29 is 14.3 Å². The summed E-state index contributed by atoms with van der Waals surface area (Å²) in [5.74, 6) is -1.34. The lowest BCUT2D eigenvalue weighted by molar-refractivity contribution is 0.0951. The average Bonchev–Trinajstić information content (AvgIpc) is 2.14. The molecule has 0 radical (unpaired) electrons. The molecule has 0 bridgehead atoms. The molecule has 1 unspecified atom stereocenters. The van der Waals surface area contributed by atoms with Gasteiger partial charge in [0, 0.05) is 17.4 Å². The van der Waals surface area contributed by atoms with Gasteiger partial charge in [-0.1, -0.05) is 22.9 Å². The molecule has 1 aromatic rings. The Bertz CT molecular complexity index is 368. The van der Waals surface area contributed by atoms with Gasteiger partial charge in [0.25, 0.3) is 5.91 Å². The fourth-order valence-corrected chi connectivity index (χ4v) is 1.19. The minimum Gasteiger partial charge on any atom is -0.507 e. The first-order valence-electron chi connectivity index (χ1n) is 4.41. The van der Waals surface area contributed by atoms with E-state index < -0.39 is 11.7 Å². The fraction of sp³-hybridized carbons (Fsp3) is 0.300. The largest absolute Gasteiger partial charge is 0.507 e. The lowest BCUT2D eigenvalue weighted by Gasteiger charge is -2.07. The van der Waals surface area contributed by atoms with Gasteiger partial charge in [-0.3, -0.25) is 4.79 Å². The highest BCUT2D eigenvalue weighted by Crippen LogP contribution is 2.17. The molecule has 0 fully saturated rings. The zero-order valence-corrected chi connectivity index (χ0v) is 9.71. The average molecular weight is 276 g/mol. The summed E-state index contributed by atoms with van der Waals surface area (Å²) in [7, 11) is 0. The van der Waals surface area contributed by atoms with Crippen molar-refractivity contribution >= 4 is 21.8 Å². The number of phenols is 1. The Morgan fingerprint density at radius 2 is 2.33 bits per heavy atom. The normalized spacial score (nSPS) is 12.2. The van der Waals surface area contributed by atoms with Gasteiger partial charge in [0.15, 0.2) is 0 Å². The van der Waals surface area contributed by atoms with Gasteiger partial charge in [-0.25, -0.2) is 4.39 Å². The smallest absolute Gasteiger partial charge is 0.255 e. The maximum atomic E-state index is 12.6. The molecule has 0 saturated heterocycles. The van der Waals surface area contributed by atoms with Crippen LogP contribution < -0.4 is 5.32 Å². The van der Waals surface area contributed by atoms with Crippen LogP contribution in [0.25, 0.3) is 0 Å². The highest BCUT2D eigenvalue weighted by atomic mass is 79.9. The van der Waals surface area contributed by atoms with Crippen LogP contribution in [0.4, 0.5) is 4.39 Å². The molecule has 1 rings (SSSR count). The summed E-state index contributed by atoms with van der Waals surface area (Å²) >= 11 is 3.27. The van der Waals surface area contributed by atoms with Crippen molar-refractivity contribution in [2.75, 3.05) is 6.54 Å². The Morgan fingerprint density at radius 1 is 1.67 bits per heavy atom. The van der Waals surface area contributed by atoms with E-state index >= 15 is 0 Å². The molecule has 82 valence electrons. The van der Waals surface area contributed by atoms with Gasteiger partial charge in [-0.05, 0) is 12.1 Å². The molecule has 0 aromatic heterocycles. The lowest BCUT2D eigenvalue weighted by Crippen LogP contribution is -2.28. The SMILES string of the molecule is CC(Br)CNC(=O)c1ccc(F)cc1O. The zero-order chi connectivity index (χ0) is 11.4. The zero-order valence-electron chi connectivity index (χ0n) is 8.13. The van der Waals surface area contributed by atoms with Crippen molar-refractivity contribution in [2.24, 2.45) is 0 Å². The van der Waals surface area contributed by atoms with E-state index in [1.165, 1.54) is 6.07 Å². The van der Waals surface area contributed by atoms with Crippen LogP contribution in [0.5, 0.6) is 5.75 Å². The molecular weight excluding hydrogens is 265 g/mol. The van der Waals surface area contributed by atoms with Gasteiger partial charge in [-0.15, -0.1) is 0 Å². The van der Waals surface area contributed by atoms with E-state index in [0.29, 0.717) is 6.54 Å². The molecule has 0 aliphatic carbocycles. The molecule has 0 heterocycles. The predicted octanol–water partition coefficient (Wildman–Crippen LogP) is 2.04. The van der Waals surface area contributed by atoms with Crippen LogP contribution in [0.3, 0.4) is 0 Å². The standard InChI is InChI=1S/C10H11BrFNO2/c1-6(11)5-13-10(15)8-3-2-7(12)4-9(8)14/h2-4,6,14H,5H2,1H3,(H,13,15). The van der Waals surface area contributed by atoms with Crippen molar-refractivity contribution in [1.29, 1.82) is 0 Å². The highest BCUT2D eigenvalue weighted by molar-refractivity contribution is 9.09. The van der Waals surface area contributed by atoms with Crippen molar-refractivity contribution in [3.05, 3.63) is 29.6 Å². The summed E-state index contributed by atoms with van der Waals surface area (Å²) in [5.41, 5.74) is 0.0737. The van der Waals surface area contributed by atoms with Gasteiger partial charge in [0.05, 0.1) is 5.56 Å². The molecule has 0 spiro atoms. The van der Waals surface area contributed by atoms with Gasteiger partial charge < -0.3 is 10.4 Å². The second kappa shape index (κ2) is 5.11. The summed E-state index contributed by atoms with van der Waals surface area (Å²) in [4.78, 5) is 11.6. The van der Waals surface area contributed by atoms with E-state index in [1.54, 1.807) is 0 Å². The van der Waals surface area contributed by atoms with Crippen LogP contribution in [0.2, 0.25) is 0 Å². The van der Waals surface area contributed by atoms with Crippen LogP contribution in [0.15, 0.2) is 18.2 Å². The Balaban J connectivity index is 2.74. The van der Waals surface area contributed by atoms with Crippen molar-refractivity contribution in [1.82, 2.24) is 5.32 Å². The minimum absolute atomic E-state index is 0.0737. The van der Waals surface area contributed by atoms with Crippen LogP contribution >= 0.6 is 15.9 Å². The van der Waals surface area contributed by atoms with Crippen LogP contribution in [-0.2, 0) is 0 Å². The molecule has 2 N–H and O–H groups in total. The third kappa shape index (κ3) is 3.51. The van der Waals surface area contributed by atoms with Gasteiger partial charge in [-0.2, -0.15) is 0 Å². The van der Waals surface area contributed by atoms with Gasteiger partial charge in [0.1, 0.15) is 11.6 Å². The number of hydrogen-bond acceptors (Lipinski definition) is 2. The van der Waals surface area contributed by atoms with Crippen LogP contribution in [0, 0.1) is 5.82 Å². The van der Waals surface area contributed by atoms with E-state index in [1.807, 2.05) is 6.92 Å². The number of amides is 1. The highest BCUT2D eigenvalue weighted by Gasteiger charge is 2.11. The number of benzene rings is 1. The monoisotopic (exact) mass is 275 g/mol. The number of aromatic hydroxyl groups is 1. The molecular formula is C10H11BrFNO2. The summed E-state index contributed by atoms with van der Waals surface area (Å²) in [5, 5.41) is 11.9. The molecule has 3 nitrogen and oxygen atoms in total. The Labute approximate surface area is 95.4 Å². The predicted molar refractivity (Wildman–Crippen MR) is 58.8 cm³/mol. The molecule has 15 heavy (non-hydrogen) atoms. The van der Waals surface area contributed by atoms with E-state index in [0.717, 1.165) is 12.1 Å². The maximum Gasteiger partial charge on any atom is 0.255 e. The first-order valence-corrected chi connectivity index (χ1v) is 5.33. The Morgan fingerprint density at radius 3 is 2.87 bits per heavy atom. The second-order valence-electron chi connectivity index (χ2n) is 3.15. The molecule has 0 saturated carbocycles. The number of nitrogens with one attached hydrogen (secondary N) is 1. The molecule has 1 aromatic carbocycles. The summed E-state index contributed by atoms with van der Waals surface area (Å²) < 4.78 is 12.6. The van der Waals surface area contributed by atoms with E-state index in [4.69, 9.17) is 0 Å². The second-order valence-corrected chi connectivity index (χ2v) is 4.72. The van der Waals surface area contributed by atoms with Crippen LogP contribution in [-0.4, -0.2) is 22.4 Å². The van der Waals surface area contributed by atoms with E-state index in [9.17, 15) is 14.3 Å². The maximum absolute atomic E-state index is 12.6. The van der Waals surface area contributed by atoms with Gasteiger partial charge >= 0.3 is 0 Å². The third-order valence-corrected chi connectivity index (χ3v) is 2.07. The number of halogens is 2. The number of hydrogen-bond donors (Lipinski definition) is 2. The fourth-order valence-electron chi connectivity index (χ4n) is 1.03. The summed E-state index contributed by atoms with van der Waals surface area (Å²) in [6.07, 6.45) is 0. The minimum atomic E-state index is -0.571. The molecule has 1 amide bonds. The third-order valence-electron chi connectivity index (χ3n) is 1.75. The van der Waals surface area contributed by atoms with E-state index in [2.05, 4.69) is 21.2 Å². The number of rotatable bonds is 3. The quantitative estimate of drug-likeness (QED) is 0.830. The first kappa shape index (κ1) is 12.0. The van der Waals surface area contributed by atoms with Crippen molar-refractivity contribution in [3.63, 3.8) is 0 Å².